The van der Waals surface area contributed by atoms with Crippen molar-refractivity contribution in [3.05, 3.63) is 58.5 Å². The predicted molar refractivity (Wildman–Crippen MR) is 107 cm³/mol. The third kappa shape index (κ3) is 5.71. The van der Waals surface area contributed by atoms with Gasteiger partial charge in [-0.05, 0) is 37.5 Å². The summed E-state index contributed by atoms with van der Waals surface area (Å²) in [5.41, 5.74) is 2.83. The highest BCUT2D eigenvalue weighted by atomic mass is 19.4. The number of aromatic nitrogens is 4. The SMILES string of the molecule is Cc1cnccc1N1CCC(c2nc(-c3cccc(=O)[nH]3)no2)CC1.O=C(O)C(F)(F)F. The van der Waals surface area contributed by atoms with Gasteiger partial charge < -0.3 is 19.5 Å². The van der Waals surface area contributed by atoms with Crippen LogP contribution in [0.4, 0.5) is 18.9 Å². The lowest BCUT2D eigenvalue weighted by Gasteiger charge is -2.33. The van der Waals surface area contributed by atoms with E-state index in [1.54, 1.807) is 12.1 Å². The molecule has 0 atom stereocenters. The van der Waals surface area contributed by atoms with Crippen LogP contribution in [0.5, 0.6) is 0 Å². The van der Waals surface area contributed by atoms with Crippen LogP contribution in [0.25, 0.3) is 11.5 Å². The normalized spacial score (nSPS) is 14.6. The molecule has 0 bridgehead atoms. The van der Waals surface area contributed by atoms with E-state index in [9.17, 15) is 18.0 Å². The van der Waals surface area contributed by atoms with Crippen LogP contribution in [-0.2, 0) is 4.79 Å². The summed E-state index contributed by atoms with van der Waals surface area (Å²) in [5.74, 6) is -1.44. The van der Waals surface area contributed by atoms with E-state index >= 15 is 0 Å². The van der Waals surface area contributed by atoms with Crippen LogP contribution in [0, 0.1) is 6.92 Å². The van der Waals surface area contributed by atoms with Crippen molar-refractivity contribution in [1.29, 1.82) is 0 Å². The molecule has 0 unspecified atom stereocenters. The topological polar surface area (TPSA) is 125 Å². The zero-order valence-electron chi connectivity index (χ0n) is 17.0. The smallest absolute Gasteiger partial charge is 0.475 e. The highest BCUT2D eigenvalue weighted by Crippen LogP contribution is 2.31. The molecule has 3 aromatic heterocycles. The highest BCUT2D eigenvalue weighted by molar-refractivity contribution is 5.73. The Hall–Kier alpha value is -3.70. The highest BCUT2D eigenvalue weighted by Gasteiger charge is 2.38. The Balaban J connectivity index is 0.000000360. The molecule has 0 radical (unpaired) electrons. The van der Waals surface area contributed by atoms with Gasteiger partial charge in [0, 0.05) is 43.2 Å². The van der Waals surface area contributed by atoms with Crippen LogP contribution in [-0.4, -0.2) is 50.5 Å². The Morgan fingerprint density at radius 3 is 2.53 bits per heavy atom. The number of alkyl halides is 3. The number of pyridine rings is 2. The number of nitrogens with zero attached hydrogens (tertiary/aromatic N) is 4. The number of carboxylic acids is 1. The van der Waals surface area contributed by atoms with Crippen LogP contribution >= 0.6 is 0 Å². The fourth-order valence-electron chi connectivity index (χ4n) is 3.28. The van der Waals surface area contributed by atoms with Crippen LogP contribution in [0.2, 0.25) is 0 Å². The fourth-order valence-corrected chi connectivity index (χ4v) is 3.28. The van der Waals surface area contributed by atoms with Gasteiger partial charge in [0.15, 0.2) is 0 Å². The Morgan fingerprint density at radius 2 is 1.94 bits per heavy atom. The van der Waals surface area contributed by atoms with Gasteiger partial charge in [0.05, 0.1) is 5.69 Å². The van der Waals surface area contributed by atoms with E-state index in [-0.39, 0.29) is 11.5 Å². The van der Waals surface area contributed by atoms with Gasteiger partial charge in [0.2, 0.25) is 17.3 Å². The molecule has 12 heteroatoms. The first-order valence-corrected chi connectivity index (χ1v) is 9.64. The molecule has 1 aliphatic heterocycles. The van der Waals surface area contributed by atoms with Gasteiger partial charge in [0.1, 0.15) is 0 Å². The average molecular weight is 451 g/mol. The number of halogens is 3. The molecule has 1 aliphatic rings. The van der Waals surface area contributed by atoms with E-state index < -0.39 is 12.1 Å². The second-order valence-corrected chi connectivity index (χ2v) is 7.11. The summed E-state index contributed by atoms with van der Waals surface area (Å²) in [4.78, 5) is 34.0. The first-order valence-electron chi connectivity index (χ1n) is 9.64. The number of hydrogen-bond acceptors (Lipinski definition) is 7. The van der Waals surface area contributed by atoms with Gasteiger partial charge in [-0.15, -0.1) is 0 Å². The molecular weight excluding hydrogens is 431 g/mol. The predicted octanol–water partition coefficient (Wildman–Crippen LogP) is 3.15. The van der Waals surface area contributed by atoms with Crippen molar-refractivity contribution in [2.75, 3.05) is 18.0 Å². The number of aliphatic carboxylic acids is 1. The summed E-state index contributed by atoms with van der Waals surface area (Å²) >= 11 is 0. The minimum Gasteiger partial charge on any atom is -0.475 e. The van der Waals surface area contributed by atoms with E-state index in [4.69, 9.17) is 14.4 Å². The van der Waals surface area contributed by atoms with Crippen molar-refractivity contribution in [2.24, 2.45) is 0 Å². The molecule has 0 amide bonds. The molecule has 2 N–H and O–H groups in total. The van der Waals surface area contributed by atoms with Crippen LogP contribution < -0.4 is 10.5 Å². The van der Waals surface area contributed by atoms with Gasteiger partial charge in [0.25, 0.3) is 0 Å². The maximum absolute atomic E-state index is 11.4. The molecule has 32 heavy (non-hydrogen) atoms. The van der Waals surface area contributed by atoms with Crippen LogP contribution in [0.15, 0.2) is 46.0 Å². The molecule has 0 aliphatic carbocycles. The number of carbonyl (C=O) groups is 1. The Labute approximate surface area is 179 Å². The van der Waals surface area contributed by atoms with Crippen molar-refractivity contribution >= 4 is 11.7 Å². The van der Waals surface area contributed by atoms with E-state index in [1.807, 2.05) is 12.4 Å². The quantitative estimate of drug-likeness (QED) is 0.622. The lowest BCUT2D eigenvalue weighted by Crippen LogP contribution is -2.33. The molecule has 0 spiro atoms. The summed E-state index contributed by atoms with van der Waals surface area (Å²) in [6.45, 7) is 3.96. The molecule has 9 nitrogen and oxygen atoms in total. The molecule has 1 fully saturated rings. The molecular formula is C20H20F3N5O4. The van der Waals surface area contributed by atoms with Crippen LogP contribution in [0.3, 0.4) is 0 Å². The number of nitrogens with one attached hydrogen (secondary N) is 1. The molecule has 0 aromatic carbocycles. The average Bonchev–Trinajstić information content (AvgIpc) is 3.24. The third-order valence-electron chi connectivity index (χ3n) is 4.87. The van der Waals surface area contributed by atoms with Crippen molar-refractivity contribution in [3.8, 4) is 11.5 Å². The molecule has 1 saturated heterocycles. The Bertz CT molecular complexity index is 1120. The van der Waals surface area contributed by atoms with E-state index in [1.165, 1.54) is 17.3 Å². The van der Waals surface area contributed by atoms with Gasteiger partial charge in [-0.3, -0.25) is 9.78 Å². The molecule has 0 saturated carbocycles. The number of carboxylic acid groups (broad SMARTS) is 1. The van der Waals surface area contributed by atoms with E-state index in [2.05, 4.69) is 38.0 Å². The maximum Gasteiger partial charge on any atom is 0.490 e. The Kier molecular flexibility index (Phi) is 6.91. The largest absolute Gasteiger partial charge is 0.490 e. The summed E-state index contributed by atoms with van der Waals surface area (Å²) in [6.07, 6.45) is 0.551. The van der Waals surface area contributed by atoms with Gasteiger partial charge in [-0.25, -0.2) is 4.79 Å². The number of anilines is 1. The van der Waals surface area contributed by atoms with Gasteiger partial charge in [-0.1, -0.05) is 11.2 Å². The third-order valence-corrected chi connectivity index (χ3v) is 4.87. The zero-order valence-corrected chi connectivity index (χ0v) is 17.0. The lowest BCUT2D eigenvalue weighted by molar-refractivity contribution is -0.192. The van der Waals surface area contributed by atoms with Crippen molar-refractivity contribution in [1.82, 2.24) is 20.1 Å². The maximum atomic E-state index is 11.4. The summed E-state index contributed by atoms with van der Waals surface area (Å²) in [5, 5.41) is 11.1. The molecule has 3 aromatic rings. The summed E-state index contributed by atoms with van der Waals surface area (Å²) in [7, 11) is 0. The zero-order chi connectivity index (χ0) is 23.3. The number of piperidine rings is 1. The Morgan fingerprint density at radius 1 is 1.25 bits per heavy atom. The number of H-pyrrole nitrogens is 1. The number of aryl methyl sites for hydroxylation is 1. The number of hydrogen-bond donors (Lipinski definition) is 2. The summed E-state index contributed by atoms with van der Waals surface area (Å²) in [6, 6.07) is 6.97. The summed E-state index contributed by atoms with van der Waals surface area (Å²) < 4.78 is 37.2. The number of rotatable bonds is 3. The second-order valence-electron chi connectivity index (χ2n) is 7.11. The van der Waals surface area contributed by atoms with Crippen molar-refractivity contribution < 1.29 is 27.6 Å². The second kappa shape index (κ2) is 9.62. The number of aromatic amines is 1. The van der Waals surface area contributed by atoms with Gasteiger partial charge >= 0.3 is 12.1 Å². The standard InChI is InChI=1S/C18H19N5O2.C2HF3O2/c1-12-11-19-8-5-15(12)23-9-6-13(7-10-23)18-21-17(22-25-18)14-3-2-4-16(24)20-14;3-2(4,5)1(6)7/h2-5,8,11,13H,6-7,9-10H2,1H3,(H,20,24);(H,6,7). The van der Waals surface area contributed by atoms with Crippen LogP contribution in [0.1, 0.15) is 30.2 Å². The van der Waals surface area contributed by atoms with Crippen molar-refractivity contribution in [2.45, 2.75) is 31.9 Å². The van der Waals surface area contributed by atoms with E-state index in [0.29, 0.717) is 17.4 Å². The lowest BCUT2D eigenvalue weighted by atomic mass is 9.96. The van der Waals surface area contributed by atoms with E-state index in [0.717, 1.165) is 25.9 Å². The first-order chi connectivity index (χ1) is 15.1. The fraction of sp³-hybridized carbons (Fsp3) is 0.350. The molecule has 170 valence electrons. The van der Waals surface area contributed by atoms with Crippen molar-refractivity contribution in [3.63, 3.8) is 0 Å². The van der Waals surface area contributed by atoms with Gasteiger partial charge in [-0.2, -0.15) is 18.2 Å². The molecule has 4 rings (SSSR count). The first kappa shape index (κ1) is 23.0. The minimum absolute atomic E-state index is 0.176. The molecule has 4 heterocycles. The monoisotopic (exact) mass is 451 g/mol. The minimum atomic E-state index is -5.08.